The van der Waals surface area contributed by atoms with Crippen LogP contribution in [0.2, 0.25) is 5.02 Å². The Kier molecular flexibility index (Phi) is 3.06. The van der Waals surface area contributed by atoms with Crippen molar-refractivity contribution in [2.75, 3.05) is 0 Å². The summed E-state index contributed by atoms with van der Waals surface area (Å²) in [6.45, 7) is 0.332. The number of hydrogen-bond acceptors (Lipinski definition) is 5. The minimum absolute atomic E-state index is 0.324. The van der Waals surface area contributed by atoms with Gasteiger partial charge in [-0.3, -0.25) is 0 Å². The normalized spacial score (nSPS) is 10.8. The van der Waals surface area contributed by atoms with Crippen LogP contribution in [0.4, 0.5) is 0 Å². The van der Waals surface area contributed by atoms with Gasteiger partial charge in [0.25, 0.3) is 5.89 Å². The van der Waals surface area contributed by atoms with E-state index in [-0.39, 0.29) is 0 Å². The molecule has 3 aromatic rings. The quantitative estimate of drug-likeness (QED) is 0.794. The van der Waals surface area contributed by atoms with E-state index in [1.165, 1.54) is 0 Å². The lowest BCUT2D eigenvalue weighted by molar-refractivity contribution is 0.412. The molecule has 2 heterocycles. The largest absolute Gasteiger partial charge is 0.455 e. The van der Waals surface area contributed by atoms with Crippen molar-refractivity contribution in [3.05, 3.63) is 47.2 Å². The number of rotatable bonds is 3. The lowest BCUT2D eigenvalue weighted by atomic mass is 10.2. The van der Waals surface area contributed by atoms with Crippen LogP contribution in [0.5, 0.6) is 0 Å². The minimum Gasteiger partial charge on any atom is -0.455 e. The molecule has 6 heteroatoms. The van der Waals surface area contributed by atoms with E-state index in [1.54, 1.807) is 24.3 Å². The Morgan fingerprint density at radius 1 is 1.11 bits per heavy atom. The summed E-state index contributed by atoms with van der Waals surface area (Å²) in [5, 5.41) is 4.57. The second-order valence-corrected chi connectivity index (χ2v) is 4.34. The van der Waals surface area contributed by atoms with Crippen LogP contribution in [0.25, 0.3) is 23.0 Å². The summed E-state index contributed by atoms with van der Waals surface area (Å²) in [5.41, 5.74) is 6.30. The maximum atomic E-state index is 5.83. The highest BCUT2D eigenvalue weighted by Gasteiger charge is 2.13. The molecule has 1 aromatic carbocycles. The molecule has 19 heavy (non-hydrogen) atoms. The second kappa shape index (κ2) is 4.87. The van der Waals surface area contributed by atoms with Crippen molar-refractivity contribution < 1.29 is 8.94 Å². The lowest BCUT2D eigenvalue weighted by Gasteiger charge is -1.93. The fraction of sp³-hybridized carbons (Fsp3) is 0.0769. The second-order valence-electron chi connectivity index (χ2n) is 3.90. The highest BCUT2D eigenvalue weighted by molar-refractivity contribution is 6.30. The molecule has 0 bridgehead atoms. The van der Waals surface area contributed by atoms with Crippen LogP contribution in [0.15, 0.2) is 45.3 Å². The monoisotopic (exact) mass is 275 g/mol. The molecule has 2 N–H and O–H groups in total. The number of nitrogens with two attached hydrogens (primary N) is 1. The van der Waals surface area contributed by atoms with Crippen LogP contribution in [0.3, 0.4) is 0 Å². The molecule has 0 saturated heterocycles. The van der Waals surface area contributed by atoms with Crippen LogP contribution >= 0.6 is 11.6 Å². The maximum absolute atomic E-state index is 5.83. The zero-order chi connectivity index (χ0) is 13.2. The molecule has 0 aliphatic rings. The van der Waals surface area contributed by atoms with Gasteiger partial charge in [0.1, 0.15) is 5.76 Å². The van der Waals surface area contributed by atoms with E-state index in [1.807, 2.05) is 12.1 Å². The number of furan rings is 1. The molecule has 0 amide bonds. The van der Waals surface area contributed by atoms with Gasteiger partial charge in [0.2, 0.25) is 5.82 Å². The molecule has 0 radical (unpaired) electrons. The predicted octanol–water partition coefficient (Wildman–Crippen LogP) is 3.11. The summed E-state index contributed by atoms with van der Waals surface area (Å²) in [7, 11) is 0. The summed E-state index contributed by atoms with van der Waals surface area (Å²) in [4.78, 5) is 4.27. The van der Waals surface area contributed by atoms with Crippen LogP contribution < -0.4 is 5.73 Å². The van der Waals surface area contributed by atoms with E-state index in [4.69, 9.17) is 26.3 Å². The third-order valence-electron chi connectivity index (χ3n) is 2.60. The lowest BCUT2D eigenvalue weighted by Crippen LogP contribution is -1.92. The zero-order valence-corrected chi connectivity index (χ0v) is 10.6. The minimum atomic E-state index is 0.324. The van der Waals surface area contributed by atoms with Gasteiger partial charge in [-0.25, -0.2) is 0 Å². The van der Waals surface area contributed by atoms with E-state index >= 15 is 0 Å². The van der Waals surface area contributed by atoms with Gasteiger partial charge < -0.3 is 14.7 Å². The fourth-order valence-electron chi connectivity index (χ4n) is 1.64. The molecule has 0 aliphatic heterocycles. The smallest absolute Gasteiger partial charge is 0.293 e. The predicted molar refractivity (Wildman–Crippen MR) is 70.3 cm³/mol. The van der Waals surface area contributed by atoms with E-state index < -0.39 is 0 Å². The summed E-state index contributed by atoms with van der Waals surface area (Å²) < 4.78 is 10.6. The van der Waals surface area contributed by atoms with Crippen molar-refractivity contribution in [2.45, 2.75) is 6.54 Å². The van der Waals surface area contributed by atoms with Gasteiger partial charge in [0.15, 0.2) is 5.76 Å². The number of hydrogen-bond donors (Lipinski definition) is 1. The topological polar surface area (TPSA) is 78.1 Å². The van der Waals surface area contributed by atoms with Gasteiger partial charge in [-0.15, -0.1) is 0 Å². The molecule has 2 aromatic heterocycles. The summed E-state index contributed by atoms with van der Waals surface area (Å²) in [5.74, 6) is 1.98. The number of nitrogens with zero attached hydrogens (tertiary/aromatic N) is 2. The van der Waals surface area contributed by atoms with E-state index in [0.717, 1.165) is 5.56 Å². The molecule has 0 fully saturated rings. The van der Waals surface area contributed by atoms with E-state index in [0.29, 0.717) is 34.8 Å². The third kappa shape index (κ3) is 2.38. The third-order valence-corrected chi connectivity index (χ3v) is 2.85. The van der Waals surface area contributed by atoms with Crippen molar-refractivity contribution in [3.63, 3.8) is 0 Å². The van der Waals surface area contributed by atoms with Crippen LogP contribution in [0.1, 0.15) is 5.76 Å². The Labute approximate surface area is 114 Å². The zero-order valence-electron chi connectivity index (χ0n) is 9.84. The molecule has 0 unspecified atom stereocenters. The van der Waals surface area contributed by atoms with Gasteiger partial charge in [-0.1, -0.05) is 16.8 Å². The molecule has 0 aliphatic carbocycles. The van der Waals surface area contributed by atoms with Gasteiger partial charge in [0, 0.05) is 10.6 Å². The van der Waals surface area contributed by atoms with Crippen molar-refractivity contribution >= 4 is 11.6 Å². The number of aromatic nitrogens is 2. The van der Waals surface area contributed by atoms with Gasteiger partial charge in [-0.2, -0.15) is 4.98 Å². The summed E-state index contributed by atoms with van der Waals surface area (Å²) >= 11 is 5.83. The Morgan fingerprint density at radius 2 is 1.89 bits per heavy atom. The molecule has 5 nitrogen and oxygen atoms in total. The summed E-state index contributed by atoms with van der Waals surface area (Å²) in [6, 6.07) is 10.7. The Bertz CT molecular complexity index is 688. The molecule has 0 atom stereocenters. The maximum Gasteiger partial charge on any atom is 0.293 e. The first-order valence-corrected chi connectivity index (χ1v) is 6.03. The van der Waals surface area contributed by atoms with Crippen molar-refractivity contribution in [1.82, 2.24) is 10.1 Å². The molecule has 0 spiro atoms. The standard InChI is InChI=1S/C13H10ClN3O2/c14-9-3-1-8(2-4-9)12-16-13(19-17-12)11-6-5-10(7-15)18-11/h1-6H,7,15H2. The molecule has 0 saturated carbocycles. The Morgan fingerprint density at radius 3 is 2.58 bits per heavy atom. The van der Waals surface area contributed by atoms with E-state index in [9.17, 15) is 0 Å². The molecular weight excluding hydrogens is 266 g/mol. The van der Waals surface area contributed by atoms with Crippen molar-refractivity contribution in [2.24, 2.45) is 5.73 Å². The average molecular weight is 276 g/mol. The Hall–Kier alpha value is -2.11. The number of halogens is 1. The van der Waals surface area contributed by atoms with E-state index in [2.05, 4.69) is 10.1 Å². The van der Waals surface area contributed by atoms with Gasteiger partial charge in [0.05, 0.1) is 6.54 Å². The molecule has 96 valence electrons. The highest BCUT2D eigenvalue weighted by Crippen LogP contribution is 2.24. The average Bonchev–Trinajstić information content (AvgIpc) is 3.08. The molecule has 3 rings (SSSR count). The van der Waals surface area contributed by atoms with Crippen molar-refractivity contribution in [3.8, 4) is 23.0 Å². The Balaban J connectivity index is 1.92. The SMILES string of the molecule is NCc1ccc(-c2nc(-c3ccc(Cl)cc3)no2)o1. The molecular formula is C13H10ClN3O2. The van der Waals surface area contributed by atoms with Crippen LogP contribution in [0, 0.1) is 0 Å². The van der Waals surface area contributed by atoms with Crippen molar-refractivity contribution in [1.29, 1.82) is 0 Å². The van der Waals surface area contributed by atoms with Crippen LogP contribution in [-0.2, 0) is 6.54 Å². The highest BCUT2D eigenvalue weighted by atomic mass is 35.5. The first-order chi connectivity index (χ1) is 9.26. The van der Waals surface area contributed by atoms with Gasteiger partial charge >= 0.3 is 0 Å². The fourth-order valence-corrected chi connectivity index (χ4v) is 1.77. The number of benzene rings is 1. The first kappa shape index (κ1) is 12.0. The summed E-state index contributed by atoms with van der Waals surface area (Å²) in [6.07, 6.45) is 0. The van der Waals surface area contributed by atoms with Gasteiger partial charge in [-0.05, 0) is 36.4 Å². The van der Waals surface area contributed by atoms with Crippen LogP contribution in [-0.4, -0.2) is 10.1 Å². The first-order valence-electron chi connectivity index (χ1n) is 5.65.